The normalized spacial score (nSPS) is 11.1. The molecule has 0 radical (unpaired) electrons. The minimum atomic E-state index is 0.529. The molecule has 0 bridgehead atoms. The van der Waals surface area contributed by atoms with E-state index >= 15 is 0 Å². The van der Waals surface area contributed by atoms with E-state index in [9.17, 15) is 0 Å². The summed E-state index contributed by atoms with van der Waals surface area (Å²) in [4.78, 5) is 16.0. The number of fused-ring (bicyclic) bond motifs is 3. The summed E-state index contributed by atoms with van der Waals surface area (Å²) in [5, 5.41) is 2.42. The van der Waals surface area contributed by atoms with Crippen LogP contribution in [0.3, 0.4) is 0 Å². The molecule has 0 amide bonds. The van der Waals surface area contributed by atoms with Crippen molar-refractivity contribution in [3.05, 3.63) is 248 Å². The molecule has 5 nitrogen and oxygen atoms in total. The molecule has 2 aromatic heterocycles. The van der Waals surface area contributed by atoms with Gasteiger partial charge in [0.2, 0.25) is 0 Å². The van der Waals surface area contributed by atoms with Crippen molar-refractivity contribution in [2.24, 2.45) is 0 Å². The van der Waals surface area contributed by atoms with Crippen LogP contribution in [0.4, 0.5) is 22.7 Å². The first-order chi connectivity index (χ1) is 31.7. The van der Waals surface area contributed by atoms with Gasteiger partial charge in [-0.2, -0.15) is 0 Å². The molecule has 0 atom stereocenters. The van der Waals surface area contributed by atoms with Gasteiger partial charge >= 0.3 is 0 Å². The Balaban J connectivity index is 0.875. The lowest BCUT2D eigenvalue weighted by Crippen LogP contribution is -2.09. The maximum atomic E-state index is 7.74. The van der Waals surface area contributed by atoms with Crippen molar-refractivity contribution in [1.29, 1.82) is 0 Å². The Kier molecular flexibility index (Phi) is 9.85. The molecule has 64 heavy (non-hydrogen) atoms. The van der Waals surface area contributed by atoms with Crippen LogP contribution in [-0.2, 0) is 0 Å². The van der Waals surface area contributed by atoms with Crippen LogP contribution in [0, 0.1) is 6.57 Å². The lowest BCUT2D eigenvalue weighted by Gasteiger charge is -2.25. The third-order valence-corrected chi connectivity index (χ3v) is 11.9. The van der Waals surface area contributed by atoms with Crippen molar-refractivity contribution in [2.45, 2.75) is 0 Å². The van der Waals surface area contributed by atoms with Crippen LogP contribution in [0.15, 0.2) is 237 Å². The highest BCUT2D eigenvalue weighted by Gasteiger charge is 2.18. The molecule has 0 unspecified atom stereocenters. The number of anilines is 3. The molecule has 0 aliphatic rings. The van der Waals surface area contributed by atoms with Gasteiger partial charge < -0.3 is 9.47 Å². The Morgan fingerprint density at radius 3 is 1.44 bits per heavy atom. The average Bonchev–Trinajstić information content (AvgIpc) is 3.71. The second kappa shape index (κ2) is 16.5. The topological polar surface area (TPSA) is 38.3 Å². The largest absolute Gasteiger partial charge is 0.310 e. The maximum Gasteiger partial charge on any atom is 0.198 e. The van der Waals surface area contributed by atoms with Crippen LogP contribution in [0.2, 0.25) is 0 Å². The second-order valence-corrected chi connectivity index (χ2v) is 15.7. The summed E-state index contributed by atoms with van der Waals surface area (Å²) in [7, 11) is 0. The Hall–Kier alpha value is -8.85. The van der Waals surface area contributed by atoms with Crippen LogP contribution >= 0.6 is 0 Å². The highest BCUT2D eigenvalue weighted by Crippen LogP contribution is 2.40. The fraction of sp³-hybridized carbons (Fsp3) is 0. The van der Waals surface area contributed by atoms with Gasteiger partial charge in [0, 0.05) is 50.2 Å². The molecule has 0 aliphatic carbocycles. The van der Waals surface area contributed by atoms with E-state index in [2.05, 4.69) is 190 Å². The molecule has 0 saturated heterocycles. The Labute approximate surface area is 372 Å². The van der Waals surface area contributed by atoms with E-state index in [1.54, 1.807) is 0 Å². The van der Waals surface area contributed by atoms with Crippen LogP contribution < -0.4 is 4.90 Å². The molecular weight excluding hydrogens is 779 g/mol. The highest BCUT2D eigenvalue weighted by molar-refractivity contribution is 6.10. The molecule has 0 N–H and O–H groups in total. The fourth-order valence-electron chi connectivity index (χ4n) is 8.70. The predicted octanol–water partition coefficient (Wildman–Crippen LogP) is 15.9. The van der Waals surface area contributed by atoms with E-state index in [-0.39, 0.29) is 0 Å². The lowest BCUT2D eigenvalue weighted by molar-refractivity contribution is 1.18. The Bertz CT molecular complexity index is 3420. The molecule has 0 saturated carbocycles. The number of aromatic nitrogens is 3. The van der Waals surface area contributed by atoms with Crippen molar-refractivity contribution in [3.63, 3.8) is 0 Å². The zero-order valence-electron chi connectivity index (χ0n) is 34.8. The molecular formula is C59H39N5. The molecule has 0 aliphatic heterocycles. The summed E-state index contributed by atoms with van der Waals surface area (Å²) in [6.45, 7) is 7.74. The van der Waals surface area contributed by atoms with E-state index in [1.807, 2.05) is 60.7 Å². The van der Waals surface area contributed by atoms with Gasteiger partial charge in [-0.3, -0.25) is 0 Å². The van der Waals surface area contributed by atoms with Crippen molar-refractivity contribution < 1.29 is 0 Å². The SMILES string of the molecule is [C-]#[N+]c1ccccc1-c1nc(-c2ccccc2)cc(-c2ccc(-c3ccc(-c4ccc(-n5c6ccccc6c6cc(N(c7ccccc7)c7ccccc7)ccc65)cc4)cc3)cc2)n1. The summed E-state index contributed by atoms with van der Waals surface area (Å²) in [5.74, 6) is 0.537. The van der Waals surface area contributed by atoms with Crippen molar-refractivity contribution in [1.82, 2.24) is 14.5 Å². The van der Waals surface area contributed by atoms with Gasteiger partial charge in [0.1, 0.15) is 5.82 Å². The smallest absolute Gasteiger partial charge is 0.198 e. The molecule has 0 spiro atoms. The average molecular weight is 818 g/mol. The minimum absolute atomic E-state index is 0.529. The standard InChI is InChI=1S/C59H39N5/c1-60-54-23-13-11-22-52(54)59-61-55(45-15-5-2-6-16-45)40-56(62-59)46-31-29-43(30-32-46)41-25-27-42(28-26-41)44-33-35-49(36-34-44)64-57-24-14-12-21-51(57)53-39-50(37-38-58(53)64)63(47-17-7-3-8-18-47)48-19-9-4-10-20-48/h2-40H. The summed E-state index contributed by atoms with van der Waals surface area (Å²) in [5.41, 5.74) is 16.2. The van der Waals surface area contributed by atoms with Crippen molar-refractivity contribution in [3.8, 4) is 61.8 Å². The van der Waals surface area contributed by atoms with E-state index in [0.29, 0.717) is 11.5 Å². The second-order valence-electron chi connectivity index (χ2n) is 15.7. The van der Waals surface area contributed by atoms with E-state index < -0.39 is 0 Å². The molecule has 11 rings (SSSR count). The predicted molar refractivity (Wildman–Crippen MR) is 264 cm³/mol. The zero-order chi connectivity index (χ0) is 42.8. The van der Waals surface area contributed by atoms with Gasteiger partial charge in [0.15, 0.2) is 5.69 Å². The van der Waals surface area contributed by atoms with E-state index in [4.69, 9.17) is 16.5 Å². The first-order valence-electron chi connectivity index (χ1n) is 21.3. The lowest BCUT2D eigenvalue weighted by atomic mass is 9.98. The first kappa shape index (κ1) is 38.1. The van der Waals surface area contributed by atoms with Gasteiger partial charge in [-0.15, -0.1) is 0 Å². The van der Waals surface area contributed by atoms with Crippen molar-refractivity contribution in [2.75, 3.05) is 4.90 Å². The number of benzene rings is 9. The maximum absolute atomic E-state index is 7.74. The van der Waals surface area contributed by atoms with Crippen LogP contribution in [0.25, 0.3) is 88.5 Å². The third kappa shape index (κ3) is 7.15. The number of rotatable bonds is 9. The van der Waals surface area contributed by atoms with Gasteiger partial charge in [0.25, 0.3) is 0 Å². The van der Waals surface area contributed by atoms with Crippen LogP contribution in [-0.4, -0.2) is 14.5 Å². The zero-order valence-corrected chi connectivity index (χ0v) is 34.8. The van der Waals surface area contributed by atoms with Crippen LogP contribution in [0.5, 0.6) is 0 Å². The molecule has 300 valence electrons. The summed E-state index contributed by atoms with van der Waals surface area (Å²) in [6, 6.07) is 82.4. The molecule has 9 aromatic carbocycles. The monoisotopic (exact) mass is 817 g/mol. The molecule has 5 heteroatoms. The van der Waals surface area contributed by atoms with E-state index in [0.717, 1.165) is 78.6 Å². The summed E-state index contributed by atoms with van der Waals surface area (Å²) in [6.07, 6.45) is 0. The summed E-state index contributed by atoms with van der Waals surface area (Å²) < 4.78 is 2.37. The first-order valence-corrected chi connectivity index (χ1v) is 21.3. The van der Waals surface area contributed by atoms with Gasteiger partial charge in [0.05, 0.1) is 29.0 Å². The summed E-state index contributed by atoms with van der Waals surface area (Å²) >= 11 is 0. The number of para-hydroxylation sites is 4. The third-order valence-electron chi connectivity index (χ3n) is 11.9. The number of hydrogen-bond acceptors (Lipinski definition) is 3. The fourth-order valence-corrected chi connectivity index (χ4v) is 8.70. The highest BCUT2D eigenvalue weighted by atomic mass is 15.1. The van der Waals surface area contributed by atoms with Gasteiger partial charge in [-0.1, -0.05) is 170 Å². The van der Waals surface area contributed by atoms with Crippen molar-refractivity contribution >= 4 is 44.6 Å². The van der Waals surface area contributed by atoms with E-state index in [1.165, 1.54) is 16.3 Å². The minimum Gasteiger partial charge on any atom is -0.310 e. The van der Waals surface area contributed by atoms with Gasteiger partial charge in [-0.25, -0.2) is 14.8 Å². The van der Waals surface area contributed by atoms with Gasteiger partial charge in [-0.05, 0) is 89.0 Å². The Morgan fingerprint density at radius 1 is 0.375 bits per heavy atom. The quantitative estimate of drug-likeness (QED) is 0.136. The molecule has 11 aromatic rings. The number of hydrogen-bond donors (Lipinski definition) is 0. The Morgan fingerprint density at radius 2 is 0.844 bits per heavy atom. The van der Waals surface area contributed by atoms with Crippen LogP contribution in [0.1, 0.15) is 0 Å². The molecule has 0 fully saturated rings. The number of nitrogens with zero attached hydrogens (tertiary/aromatic N) is 5. The molecule has 2 heterocycles.